The molecule has 0 spiro atoms. The molecule has 1 aromatic heterocycles. The number of hydrogen-bond acceptors (Lipinski definition) is 4. The van der Waals surface area contributed by atoms with Gasteiger partial charge in [0.25, 0.3) is 0 Å². The van der Waals surface area contributed by atoms with Crippen molar-refractivity contribution >= 4 is 28.8 Å². The van der Waals surface area contributed by atoms with Crippen molar-refractivity contribution in [3.05, 3.63) is 78.5 Å². The van der Waals surface area contributed by atoms with Crippen LogP contribution in [0.1, 0.15) is 24.8 Å². The van der Waals surface area contributed by atoms with E-state index in [4.69, 9.17) is 0 Å². The standard InChI is InChI=1S/C24H26N4O/c29-24(17-19-7-3-1-4-8-19)27-21-11-14-23(25-18-21)26-20-9-12-22(13-10-20)28-15-5-2-6-16-28/h1,3-4,7-14,18H,2,5-6,15-17H2,(H,25,26)(H,27,29). The molecule has 5 heteroatoms. The maximum atomic E-state index is 12.2. The van der Waals surface area contributed by atoms with E-state index in [1.54, 1.807) is 6.20 Å². The average molecular weight is 386 g/mol. The lowest BCUT2D eigenvalue weighted by Gasteiger charge is -2.28. The monoisotopic (exact) mass is 386 g/mol. The second-order valence-electron chi connectivity index (χ2n) is 7.36. The van der Waals surface area contributed by atoms with E-state index >= 15 is 0 Å². The van der Waals surface area contributed by atoms with E-state index in [0.29, 0.717) is 12.1 Å². The highest BCUT2D eigenvalue weighted by atomic mass is 16.1. The molecule has 0 saturated carbocycles. The van der Waals surface area contributed by atoms with Gasteiger partial charge in [-0.25, -0.2) is 4.98 Å². The summed E-state index contributed by atoms with van der Waals surface area (Å²) >= 11 is 0. The fourth-order valence-electron chi connectivity index (χ4n) is 3.58. The first-order valence-corrected chi connectivity index (χ1v) is 10.2. The number of nitrogens with zero attached hydrogens (tertiary/aromatic N) is 2. The number of carbonyl (C=O) groups is 1. The van der Waals surface area contributed by atoms with Crippen LogP contribution in [0, 0.1) is 0 Å². The Balaban J connectivity index is 1.31. The number of nitrogens with one attached hydrogen (secondary N) is 2. The van der Waals surface area contributed by atoms with Crippen LogP contribution in [0.3, 0.4) is 0 Å². The SMILES string of the molecule is O=C(Cc1ccccc1)Nc1ccc(Nc2ccc(N3CCCCC3)cc2)nc1. The number of benzene rings is 2. The summed E-state index contributed by atoms with van der Waals surface area (Å²) in [7, 11) is 0. The summed E-state index contributed by atoms with van der Waals surface area (Å²) in [6, 6.07) is 21.9. The molecule has 2 heterocycles. The second-order valence-corrected chi connectivity index (χ2v) is 7.36. The zero-order chi connectivity index (χ0) is 19.9. The number of amides is 1. The van der Waals surface area contributed by atoms with E-state index in [9.17, 15) is 4.79 Å². The van der Waals surface area contributed by atoms with Crippen molar-refractivity contribution in [1.82, 2.24) is 4.98 Å². The van der Waals surface area contributed by atoms with Gasteiger partial charge in [-0.05, 0) is 61.2 Å². The summed E-state index contributed by atoms with van der Waals surface area (Å²) in [6.07, 6.45) is 5.92. The van der Waals surface area contributed by atoms with Gasteiger partial charge in [-0.1, -0.05) is 30.3 Å². The largest absolute Gasteiger partial charge is 0.372 e. The molecule has 1 fully saturated rings. The number of aromatic nitrogens is 1. The third-order valence-corrected chi connectivity index (χ3v) is 5.12. The van der Waals surface area contributed by atoms with Crippen LogP contribution in [-0.2, 0) is 11.2 Å². The third-order valence-electron chi connectivity index (χ3n) is 5.12. The van der Waals surface area contributed by atoms with Crippen molar-refractivity contribution in [2.75, 3.05) is 28.6 Å². The number of pyridine rings is 1. The lowest BCUT2D eigenvalue weighted by molar-refractivity contribution is -0.115. The Morgan fingerprint density at radius 3 is 2.28 bits per heavy atom. The molecule has 1 amide bonds. The van der Waals surface area contributed by atoms with Gasteiger partial charge in [0, 0.05) is 24.5 Å². The van der Waals surface area contributed by atoms with E-state index in [0.717, 1.165) is 30.2 Å². The highest BCUT2D eigenvalue weighted by Gasteiger charge is 2.10. The van der Waals surface area contributed by atoms with E-state index in [1.165, 1.54) is 24.9 Å². The van der Waals surface area contributed by atoms with Gasteiger partial charge < -0.3 is 15.5 Å². The molecule has 3 aromatic rings. The molecule has 29 heavy (non-hydrogen) atoms. The Hall–Kier alpha value is -3.34. The zero-order valence-corrected chi connectivity index (χ0v) is 16.5. The summed E-state index contributed by atoms with van der Waals surface area (Å²) in [5.41, 5.74) is 3.96. The Morgan fingerprint density at radius 1 is 0.862 bits per heavy atom. The number of rotatable bonds is 6. The number of carbonyl (C=O) groups excluding carboxylic acids is 1. The van der Waals surface area contributed by atoms with Gasteiger partial charge in [-0.2, -0.15) is 0 Å². The van der Waals surface area contributed by atoms with Crippen LogP contribution in [-0.4, -0.2) is 24.0 Å². The van der Waals surface area contributed by atoms with Gasteiger partial charge in [0.1, 0.15) is 5.82 Å². The quantitative estimate of drug-likeness (QED) is 0.626. The van der Waals surface area contributed by atoms with Gasteiger partial charge in [-0.3, -0.25) is 4.79 Å². The lowest BCUT2D eigenvalue weighted by atomic mass is 10.1. The van der Waals surface area contributed by atoms with Gasteiger partial charge in [-0.15, -0.1) is 0 Å². The molecule has 5 nitrogen and oxygen atoms in total. The molecule has 1 aliphatic rings. The zero-order valence-electron chi connectivity index (χ0n) is 16.5. The average Bonchev–Trinajstić information content (AvgIpc) is 2.77. The molecule has 1 saturated heterocycles. The summed E-state index contributed by atoms with van der Waals surface area (Å²) in [5.74, 6) is 0.698. The van der Waals surface area contributed by atoms with Gasteiger partial charge in [0.15, 0.2) is 0 Å². The van der Waals surface area contributed by atoms with Crippen molar-refractivity contribution in [3.63, 3.8) is 0 Å². The van der Waals surface area contributed by atoms with Crippen LogP contribution in [0.25, 0.3) is 0 Å². The molecule has 0 aliphatic carbocycles. The molecular formula is C24H26N4O. The van der Waals surface area contributed by atoms with E-state index < -0.39 is 0 Å². The minimum atomic E-state index is -0.0491. The van der Waals surface area contributed by atoms with Crippen LogP contribution in [0.4, 0.5) is 22.9 Å². The predicted octanol–water partition coefficient (Wildman–Crippen LogP) is 5.00. The molecule has 2 aromatic carbocycles. The van der Waals surface area contributed by atoms with Gasteiger partial charge in [0.05, 0.1) is 18.3 Å². The fraction of sp³-hybridized carbons (Fsp3) is 0.250. The Labute approximate surface area is 171 Å². The first-order chi connectivity index (χ1) is 14.3. The van der Waals surface area contributed by atoms with Crippen molar-refractivity contribution in [1.29, 1.82) is 0 Å². The summed E-state index contributed by atoms with van der Waals surface area (Å²) in [6.45, 7) is 2.29. The molecule has 0 unspecified atom stereocenters. The van der Waals surface area contributed by atoms with Gasteiger partial charge in [0.2, 0.25) is 5.91 Å². The Morgan fingerprint density at radius 2 is 1.59 bits per heavy atom. The maximum absolute atomic E-state index is 12.2. The van der Waals surface area contributed by atoms with E-state index in [1.807, 2.05) is 42.5 Å². The van der Waals surface area contributed by atoms with Crippen LogP contribution in [0.5, 0.6) is 0 Å². The van der Waals surface area contributed by atoms with Crippen molar-refractivity contribution in [2.24, 2.45) is 0 Å². The molecule has 0 atom stereocenters. The number of hydrogen-bond donors (Lipinski definition) is 2. The Bertz CT molecular complexity index is 917. The number of anilines is 4. The minimum Gasteiger partial charge on any atom is -0.372 e. The first kappa shape index (κ1) is 19.0. The Kier molecular flexibility index (Phi) is 6.05. The summed E-state index contributed by atoms with van der Waals surface area (Å²) < 4.78 is 0. The topological polar surface area (TPSA) is 57.3 Å². The van der Waals surface area contributed by atoms with Crippen LogP contribution in [0.15, 0.2) is 72.9 Å². The number of piperidine rings is 1. The molecule has 148 valence electrons. The van der Waals surface area contributed by atoms with Crippen molar-refractivity contribution in [3.8, 4) is 0 Å². The molecular weight excluding hydrogens is 360 g/mol. The fourth-order valence-corrected chi connectivity index (χ4v) is 3.58. The molecule has 1 aliphatic heterocycles. The van der Waals surface area contributed by atoms with E-state index in [-0.39, 0.29) is 5.91 Å². The maximum Gasteiger partial charge on any atom is 0.228 e. The molecule has 2 N–H and O–H groups in total. The van der Waals surface area contributed by atoms with Crippen molar-refractivity contribution < 1.29 is 4.79 Å². The smallest absolute Gasteiger partial charge is 0.228 e. The normalized spacial score (nSPS) is 13.7. The third kappa shape index (κ3) is 5.35. The van der Waals surface area contributed by atoms with Crippen molar-refractivity contribution in [2.45, 2.75) is 25.7 Å². The highest BCUT2D eigenvalue weighted by molar-refractivity contribution is 5.92. The highest BCUT2D eigenvalue weighted by Crippen LogP contribution is 2.23. The lowest BCUT2D eigenvalue weighted by Crippen LogP contribution is -2.29. The molecule has 0 bridgehead atoms. The predicted molar refractivity (Wildman–Crippen MR) is 119 cm³/mol. The van der Waals surface area contributed by atoms with E-state index in [2.05, 4.69) is 44.8 Å². The first-order valence-electron chi connectivity index (χ1n) is 10.2. The van der Waals surface area contributed by atoms with Crippen LogP contribution in [0.2, 0.25) is 0 Å². The van der Waals surface area contributed by atoms with Crippen LogP contribution >= 0.6 is 0 Å². The second kappa shape index (κ2) is 9.24. The molecule has 4 rings (SSSR count). The molecule has 0 radical (unpaired) electrons. The minimum absolute atomic E-state index is 0.0491. The van der Waals surface area contributed by atoms with Crippen LogP contribution < -0.4 is 15.5 Å². The summed E-state index contributed by atoms with van der Waals surface area (Å²) in [4.78, 5) is 19.0. The summed E-state index contributed by atoms with van der Waals surface area (Å²) in [5, 5.41) is 6.20. The van der Waals surface area contributed by atoms with Gasteiger partial charge >= 0.3 is 0 Å².